The van der Waals surface area contributed by atoms with Crippen LogP contribution in [0, 0.1) is 0 Å². The van der Waals surface area contributed by atoms with E-state index in [4.69, 9.17) is 4.74 Å². The molecule has 0 aromatic heterocycles. The van der Waals surface area contributed by atoms with Crippen LogP contribution in [0.15, 0.2) is 59.5 Å². The number of sulfonamides is 1. The van der Waals surface area contributed by atoms with Crippen molar-refractivity contribution in [1.82, 2.24) is 4.72 Å². The maximum absolute atomic E-state index is 12.1. The highest BCUT2D eigenvalue weighted by Crippen LogP contribution is 2.29. The Morgan fingerprint density at radius 1 is 1.17 bits per heavy atom. The summed E-state index contributed by atoms with van der Waals surface area (Å²) in [5, 5.41) is 2.67. The van der Waals surface area contributed by atoms with Crippen LogP contribution in [0.5, 0.6) is 5.75 Å². The molecule has 6 nitrogen and oxygen atoms in total. The van der Waals surface area contributed by atoms with Crippen molar-refractivity contribution in [3.05, 3.63) is 60.2 Å². The van der Waals surface area contributed by atoms with Crippen LogP contribution in [0.3, 0.4) is 0 Å². The number of nitrogens with one attached hydrogen (secondary N) is 2. The summed E-state index contributed by atoms with van der Waals surface area (Å²) in [6.07, 6.45) is 1.23. The topological polar surface area (TPSA) is 84.5 Å². The number of hydrogen-bond donors (Lipinski definition) is 2. The van der Waals surface area contributed by atoms with Gasteiger partial charge in [-0.3, -0.25) is 9.52 Å². The first kappa shape index (κ1) is 15.1. The third kappa shape index (κ3) is 3.04. The van der Waals surface area contributed by atoms with E-state index >= 15 is 0 Å². The van der Waals surface area contributed by atoms with Crippen molar-refractivity contribution in [2.45, 2.75) is 4.90 Å². The fraction of sp³-hybridized carbons (Fsp3) is 0.0625. The number of anilines is 1. The van der Waals surface area contributed by atoms with Crippen LogP contribution in [-0.2, 0) is 14.8 Å². The summed E-state index contributed by atoms with van der Waals surface area (Å²) in [7, 11) is -2.07. The largest absolute Gasteiger partial charge is 0.497 e. The Hall–Kier alpha value is -2.80. The maximum Gasteiger partial charge on any atom is 0.262 e. The Bertz CT molecular complexity index is 904. The van der Waals surface area contributed by atoms with E-state index in [0.717, 1.165) is 0 Å². The quantitative estimate of drug-likeness (QED) is 0.843. The first-order valence-corrected chi connectivity index (χ1v) is 8.27. The molecule has 0 unspecified atom stereocenters. The predicted molar refractivity (Wildman–Crippen MR) is 86.4 cm³/mol. The third-order valence-electron chi connectivity index (χ3n) is 3.32. The molecule has 0 spiro atoms. The Morgan fingerprint density at radius 3 is 2.74 bits per heavy atom. The monoisotopic (exact) mass is 330 g/mol. The number of carbonyl (C=O) groups excluding carboxylic acids is 1. The summed E-state index contributed by atoms with van der Waals surface area (Å²) < 4.78 is 31.4. The molecule has 2 aromatic carbocycles. The van der Waals surface area contributed by atoms with Gasteiger partial charge in [0.2, 0.25) is 5.91 Å². The summed E-state index contributed by atoms with van der Waals surface area (Å²) in [6.45, 7) is 0. The zero-order chi connectivity index (χ0) is 16.4. The van der Waals surface area contributed by atoms with Crippen LogP contribution < -0.4 is 14.8 Å². The predicted octanol–water partition coefficient (Wildman–Crippen LogP) is 1.97. The van der Waals surface area contributed by atoms with Gasteiger partial charge < -0.3 is 10.1 Å². The van der Waals surface area contributed by atoms with E-state index in [9.17, 15) is 13.2 Å². The van der Waals surface area contributed by atoms with Gasteiger partial charge in [0.05, 0.1) is 17.7 Å². The first-order chi connectivity index (χ1) is 11.0. The van der Waals surface area contributed by atoms with Gasteiger partial charge in [0, 0.05) is 23.4 Å². The molecule has 3 rings (SSSR count). The van der Waals surface area contributed by atoms with Crippen molar-refractivity contribution in [1.29, 1.82) is 0 Å². The van der Waals surface area contributed by atoms with Crippen molar-refractivity contribution in [2.24, 2.45) is 0 Å². The Kier molecular flexibility index (Phi) is 3.79. The maximum atomic E-state index is 12.1. The van der Waals surface area contributed by atoms with Crippen molar-refractivity contribution in [3.8, 4) is 5.75 Å². The van der Waals surface area contributed by atoms with E-state index in [1.807, 2.05) is 0 Å². The number of amides is 1. The average molecular weight is 330 g/mol. The lowest BCUT2D eigenvalue weighted by atomic mass is 10.1. The van der Waals surface area contributed by atoms with E-state index in [1.54, 1.807) is 42.5 Å². The number of benzene rings is 2. The molecule has 118 valence electrons. The van der Waals surface area contributed by atoms with E-state index < -0.39 is 15.9 Å². The molecule has 2 N–H and O–H groups in total. The molecule has 23 heavy (non-hydrogen) atoms. The number of fused-ring (bicyclic) bond motifs is 1. The molecule has 0 atom stereocenters. The highest BCUT2D eigenvalue weighted by Gasteiger charge is 2.29. The summed E-state index contributed by atoms with van der Waals surface area (Å²) in [5.41, 5.74) is 1.29. The highest BCUT2D eigenvalue weighted by molar-refractivity contribution is 7.90. The van der Waals surface area contributed by atoms with Gasteiger partial charge in [0.1, 0.15) is 5.75 Å². The second kappa shape index (κ2) is 5.77. The van der Waals surface area contributed by atoms with Crippen LogP contribution in [0.25, 0.3) is 5.70 Å². The molecule has 0 bridgehead atoms. The Morgan fingerprint density at radius 2 is 1.96 bits per heavy atom. The summed E-state index contributed by atoms with van der Waals surface area (Å²) in [6, 6.07) is 13.4. The molecule has 1 aliphatic rings. The van der Waals surface area contributed by atoms with Crippen LogP contribution in [0.4, 0.5) is 5.69 Å². The number of methoxy groups -OCH3 is 1. The van der Waals surface area contributed by atoms with Crippen molar-refractivity contribution in [2.75, 3.05) is 12.4 Å². The standard InChI is InChI=1S/C16H14N2O4S/c1-22-12-6-4-5-11(9-12)17-16(19)10-14-13-7-2-3-8-15(13)23(20,21)18-14/h2-10,18H,1H3,(H,17,19). The molecular formula is C16H14N2O4S. The lowest BCUT2D eigenvalue weighted by molar-refractivity contribution is -0.111. The zero-order valence-electron chi connectivity index (χ0n) is 12.2. The summed E-state index contributed by atoms with van der Waals surface area (Å²) in [4.78, 5) is 12.3. The van der Waals surface area contributed by atoms with Crippen LogP contribution in [0.2, 0.25) is 0 Å². The van der Waals surface area contributed by atoms with Crippen molar-refractivity contribution < 1.29 is 17.9 Å². The molecule has 0 aliphatic carbocycles. The zero-order valence-corrected chi connectivity index (χ0v) is 13.1. The average Bonchev–Trinajstić information content (AvgIpc) is 2.79. The molecule has 7 heteroatoms. The molecule has 1 amide bonds. The molecule has 0 radical (unpaired) electrons. The minimum absolute atomic E-state index is 0.167. The second-order valence-electron chi connectivity index (χ2n) is 4.88. The second-order valence-corrected chi connectivity index (χ2v) is 6.53. The Balaban J connectivity index is 1.86. The third-order valence-corrected chi connectivity index (χ3v) is 4.75. The number of rotatable bonds is 3. The van der Waals surface area contributed by atoms with Crippen molar-refractivity contribution >= 4 is 27.3 Å². The van der Waals surface area contributed by atoms with Crippen LogP contribution in [0.1, 0.15) is 5.56 Å². The van der Waals surface area contributed by atoms with Gasteiger partial charge in [-0.1, -0.05) is 24.3 Å². The van der Waals surface area contributed by atoms with Gasteiger partial charge in [-0.2, -0.15) is 0 Å². The lowest BCUT2D eigenvalue weighted by Gasteiger charge is -2.05. The first-order valence-electron chi connectivity index (χ1n) is 6.78. The summed E-state index contributed by atoms with van der Waals surface area (Å²) >= 11 is 0. The molecular weight excluding hydrogens is 316 g/mol. The fourth-order valence-corrected chi connectivity index (χ4v) is 3.59. The normalized spacial score (nSPS) is 16.5. The van der Waals surface area contributed by atoms with Gasteiger partial charge >= 0.3 is 0 Å². The van der Waals surface area contributed by atoms with Gasteiger partial charge in [-0.05, 0) is 18.2 Å². The lowest BCUT2D eigenvalue weighted by Crippen LogP contribution is -2.16. The fourth-order valence-electron chi connectivity index (χ4n) is 2.30. The number of carbonyl (C=O) groups is 1. The van der Waals surface area contributed by atoms with Crippen LogP contribution in [-0.4, -0.2) is 21.4 Å². The molecule has 1 aliphatic heterocycles. The van der Waals surface area contributed by atoms with Gasteiger partial charge in [-0.15, -0.1) is 0 Å². The smallest absolute Gasteiger partial charge is 0.262 e. The summed E-state index contributed by atoms with van der Waals surface area (Å²) in [5.74, 6) is 0.176. The van der Waals surface area contributed by atoms with Crippen molar-refractivity contribution in [3.63, 3.8) is 0 Å². The molecule has 2 aromatic rings. The number of ether oxygens (including phenoxy) is 1. The highest BCUT2D eigenvalue weighted by atomic mass is 32.2. The molecule has 0 saturated carbocycles. The van der Waals surface area contributed by atoms with E-state index in [-0.39, 0.29) is 10.6 Å². The van der Waals surface area contributed by atoms with E-state index in [1.165, 1.54) is 19.3 Å². The Labute approximate surface area is 133 Å². The van der Waals surface area contributed by atoms with E-state index in [2.05, 4.69) is 10.0 Å². The van der Waals surface area contributed by atoms with Gasteiger partial charge in [0.15, 0.2) is 0 Å². The SMILES string of the molecule is COc1cccc(NC(=O)C=C2NS(=O)(=O)c3ccccc32)c1. The van der Waals surface area contributed by atoms with E-state index in [0.29, 0.717) is 17.0 Å². The number of hydrogen-bond acceptors (Lipinski definition) is 4. The van der Waals surface area contributed by atoms with Gasteiger partial charge in [0.25, 0.3) is 10.0 Å². The molecule has 1 heterocycles. The molecule has 0 fully saturated rings. The molecule has 0 saturated heterocycles. The van der Waals surface area contributed by atoms with Gasteiger partial charge in [-0.25, -0.2) is 8.42 Å². The minimum atomic E-state index is -3.60. The minimum Gasteiger partial charge on any atom is -0.497 e. The van der Waals surface area contributed by atoms with Crippen LogP contribution >= 0.6 is 0 Å².